The van der Waals surface area contributed by atoms with Gasteiger partial charge < -0.3 is 15.6 Å². The molecule has 0 atom stereocenters. The van der Waals surface area contributed by atoms with Crippen molar-refractivity contribution in [1.82, 2.24) is 20.4 Å². The lowest BCUT2D eigenvalue weighted by molar-refractivity contribution is 0.0948. The molecule has 1 amide bonds. The van der Waals surface area contributed by atoms with Gasteiger partial charge in [-0.3, -0.25) is 9.78 Å². The molecule has 0 aliphatic carbocycles. The molecule has 3 N–H and O–H groups in total. The molecule has 2 aromatic heterocycles. The van der Waals surface area contributed by atoms with Crippen LogP contribution in [0.1, 0.15) is 16.4 Å². The number of nitrogens with zero attached hydrogens (tertiary/aromatic N) is 3. The molecule has 0 aliphatic rings. The highest BCUT2D eigenvalue weighted by Crippen LogP contribution is 2.02. The van der Waals surface area contributed by atoms with Gasteiger partial charge in [-0.15, -0.1) is 0 Å². The van der Waals surface area contributed by atoms with Crippen LogP contribution >= 0.6 is 0 Å². The van der Waals surface area contributed by atoms with Crippen LogP contribution in [-0.4, -0.2) is 27.6 Å². The smallest absolute Gasteiger partial charge is 0.269 e. The molecular formula is C10H11N5O2. The van der Waals surface area contributed by atoms with Crippen molar-refractivity contribution in [2.24, 2.45) is 0 Å². The highest BCUT2D eigenvalue weighted by atomic mass is 16.5. The third-order valence-electron chi connectivity index (χ3n) is 2.05. The SMILES string of the molecule is Nc1ccnc(C(=O)NCCc2ncno2)c1. The van der Waals surface area contributed by atoms with Crippen molar-refractivity contribution >= 4 is 11.6 Å². The van der Waals surface area contributed by atoms with Gasteiger partial charge in [-0.25, -0.2) is 0 Å². The number of nitrogens with two attached hydrogens (primary N) is 1. The maximum absolute atomic E-state index is 11.6. The van der Waals surface area contributed by atoms with E-state index in [4.69, 9.17) is 10.3 Å². The van der Waals surface area contributed by atoms with E-state index < -0.39 is 0 Å². The molecule has 2 aromatic rings. The van der Waals surface area contributed by atoms with Crippen molar-refractivity contribution in [2.45, 2.75) is 6.42 Å². The first-order chi connectivity index (χ1) is 8.25. The van der Waals surface area contributed by atoms with Crippen LogP contribution in [0.5, 0.6) is 0 Å². The predicted octanol–water partition coefficient (Wildman–Crippen LogP) is 0.0193. The molecular weight excluding hydrogens is 222 g/mol. The monoisotopic (exact) mass is 233 g/mol. The predicted molar refractivity (Wildman–Crippen MR) is 59.0 cm³/mol. The number of amides is 1. The standard InChI is InChI=1S/C10H11N5O2/c11-7-1-3-12-8(5-7)10(16)13-4-2-9-14-6-15-17-9/h1,3,5-6H,2,4H2,(H2,11,12)(H,13,16). The third-order valence-corrected chi connectivity index (χ3v) is 2.05. The summed E-state index contributed by atoms with van der Waals surface area (Å²) in [4.78, 5) is 19.4. The van der Waals surface area contributed by atoms with Crippen LogP contribution in [0.2, 0.25) is 0 Å². The summed E-state index contributed by atoms with van der Waals surface area (Å²) in [6.45, 7) is 0.400. The summed E-state index contributed by atoms with van der Waals surface area (Å²) in [5.74, 6) is 0.197. The maximum Gasteiger partial charge on any atom is 0.269 e. The average Bonchev–Trinajstić information content (AvgIpc) is 2.82. The number of aromatic nitrogens is 3. The zero-order valence-corrected chi connectivity index (χ0v) is 8.96. The molecule has 17 heavy (non-hydrogen) atoms. The van der Waals surface area contributed by atoms with Crippen molar-refractivity contribution in [3.05, 3.63) is 36.2 Å². The van der Waals surface area contributed by atoms with Gasteiger partial charge in [0.1, 0.15) is 5.69 Å². The minimum absolute atomic E-state index is 0.281. The van der Waals surface area contributed by atoms with Crippen molar-refractivity contribution in [3.8, 4) is 0 Å². The number of rotatable bonds is 4. The first-order valence-electron chi connectivity index (χ1n) is 5.01. The molecule has 0 bridgehead atoms. The Kier molecular flexibility index (Phi) is 3.29. The normalized spacial score (nSPS) is 10.1. The second-order valence-electron chi connectivity index (χ2n) is 3.32. The molecule has 0 saturated heterocycles. The molecule has 2 heterocycles. The highest BCUT2D eigenvalue weighted by molar-refractivity contribution is 5.92. The van der Waals surface area contributed by atoms with Gasteiger partial charge in [-0.05, 0) is 12.1 Å². The lowest BCUT2D eigenvalue weighted by Gasteiger charge is -2.03. The van der Waals surface area contributed by atoms with Gasteiger partial charge in [0.25, 0.3) is 5.91 Å². The van der Waals surface area contributed by atoms with Crippen LogP contribution < -0.4 is 11.1 Å². The van der Waals surface area contributed by atoms with Gasteiger partial charge in [-0.1, -0.05) is 5.16 Å². The molecule has 0 saturated carbocycles. The molecule has 7 heteroatoms. The van der Waals surface area contributed by atoms with Crippen molar-refractivity contribution < 1.29 is 9.32 Å². The van der Waals surface area contributed by atoms with Gasteiger partial charge in [0.15, 0.2) is 6.33 Å². The summed E-state index contributed by atoms with van der Waals surface area (Å²) in [6.07, 6.45) is 3.28. The molecule has 0 spiro atoms. The van der Waals surface area contributed by atoms with Gasteiger partial charge in [0, 0.05) is 24.8 Å². The van der Waals surface area contributed by atoms with Crippen LogP contribution in [0, 0.1) is 0 Å². The Labute approximate surface area is 97.0 Å². The molecule has 0 radical (unpaired) electrons. The number of nitrogen functional groups attached to an aromatic ring is 1. The highest BCUT2D eigenvalue weighted by Gasteiger charge is 2.07. The van der Waals surface area contributed by atoms with Crippen LogP contribution in [-0.2, 0) is 6.42 Å². The largest absolute Gasteiger partial charge is 0.399 e. The Hall–Kier alpha value is -2.44. The number of carbonyl (C=O) groups excluding carboxylic acids is 1. The zero-order chi connectivity index (χ0) is 12.1. The molecule has 0 fully saturated rings. The van der Waals surface area contributed by atoms with Crippen LogP contribution in [0.3, 0.4) is 0 Å². The van der Waals surface area contributed by atoms with Crippen molar-refractivity contribution in [3.63, 3.8) is 0 Å². The first kappa shape index (κ1) is 11.1. The Bertz CT molecular complexity index is 497. The van der Waals surface area contributed by atoms with E-state index in [1.807, 2.05) is 0 Å². The summed E-state index contributed by atoms with van der Waals surface area (Å²) in [5.41, 5.74) is 6.34. The molecule has 0 aromatic carbocycles. The number of carbonyl (C=O) groups is 1. The Morgan fingerprint density at radius 1 is 1.47 bits per heavy atom. The number of hydrogen-bond donors (Lipinski definition) is 2. The fraction of sp³-hybridized carbons (Fsp3) is 0.200. The van der Waals surface area contributed by atoms with E-state index in [0.29, 0.717) is 24.5 Å². The van der Waals surface area contributed by atoms with E-state index in [2.05, 4.69) is 20.4 Å². The van der Waals surface area contributed by atoms with Crippen molar-refractivity contribution in [1.29, 1.82) is 0 Å². The zero-order valence-electron chi connectivity index (χ0n) is 8.96. The van der Waals surface area contributed by atoms with Gasteiger partial charge >= 0.3 is 0 Å². The second kappa shape index (κ2) is 5.06. The minimum atomic E-state index is -0.281. The molecule has 0 aliphatic heterocycles. The number of anilines is 1. The van der Waals surface area contributed by atoms with E-state index >= 15 is 0 Å². The number of nitrogens with one attached hydrogen (secondary N) is 1. The minimum Gasteiger partial charge on any atom is -0.399 e. The lowest BCUT2D eigenvalue weighted by Crippen LogP contribution is -2.26. The first-order valence-corrected chi connectivity index (χ1v) is 5.01. The molecule has 88 valence electrons. The average molecular weight is 233 g/mol. The van der Waals surface area contributed by atoms with E-state index in [1.165, 1.54) is 18.6 Å². The summed E-state index contributed by atoms with van der Waals surface area (Å²) in [7, 11) is 0. The summed E-state index contributed by atoms with van der Waals surface area (Å²) in [6, 6.07) is 3.14. The fourth-order valence-electron chi connectivity index (χ4n) is 1.25. The molecule has 2 rings (SSSR count). The summed E-state index contributed by atoms with van der Waals surface area (Å²) >= 11 is 0. The molecule has 7 nitrogen and oxygen atoms in total. The van der Waals surface area contributed by atoms with E-state index in [9.17, 15) is 4.79 Å². The summed E-state index contributed by atoms with van der Waals surface area (Å²) < 4.78 is 4.79. The van der Waals surface area contributed by atoms with Crippen molar-refractivity contribution in [2.75, 3.05) is 12.3 Å². The maximum atomic E-state index is 11.6. The van der Waals surface area contributed by atoms with E-state index in [0.717, 1.165) is 0 Å². The van der Waals surface area contributed by atoms with Gasteiger partial charge in [-0.2, -0.15) is 4.98 Å². The van der Waals surface area contributed by atoms with Gasteiger partial charge in [0.2, 0.25) is 5.89 Å². The fourth-order valence-corrected chi connectivity index (χ4v) is 1.25. The Morgan fingerprint density at radius 3 is 3.06 bits per heavy atom. The number of pyridine rings is 1. The van der Waals surface area contributed by atoms with Crippen LogP contribution in [0.15, 0.2) is 29.2 Å². The second-order valence-corrected chi connectivity index (χ2v) is 3.32. The topological polar surface area (TPSA) is 107 Å². The third kappa shape index (κ3) is 3.00. The Morgan fingerprint density at radius 2 is 2.35 bits per heavy atom. The van der Waals surface area contributed by atoms with Crippen LogP contribution in [0.4, 0.5) is 5.69 Å². The Balaban J connectivity index is 1.85. The quantitative estimate of drug-likeness (QED) is 0.770. The van der Waals surface area contributed by atoms with E-state index in [-0.39, 0.29) is 11.6 Å². The summed E-state index contributed by atoms with van der Waals surface area (Å²) in [5, 5.41) is 6.14. The van der Waals surface area contributed by atoms with Gasteiger partial charge in [0.05, 0.1) is 0 Å². The van der Waals surface area contributed by atoms with E-state index in [1.54, 1.807) is 6.07 Å². The van der Waals surface area contributed by atoms with Crippen LogP contribution in [0.25, 0.3) is 0 Å². The molecule has 0 unspecified atom stereocenters. The number of hydrogen-bond acceptors (Lipinski definition) is 6. The lowest BCUT2D eigenvalue weighted by atomic mass is 10.3.